The molecular formula is C31H39N5O2. The highest BCUT2D eigenvalue weighted by Crippen LogP contribution is 2.26. The van der Waals surface area contributed by atoms with Gasteiger partial charge in [-0.1, -0.05) is 30.3 Å². The van der Waals surface area contributed by atoms with Crippen LogP contribution in [0.5, 0.6) is 5.75 Å². The van der Waals surface area contributed by atoms with E-state index in [1.54, 1.807) is 0 Å². The zero-order chi connectivity index (χ0) is 26.4. The molecule has 2 heterocycles. The van der Waals surface area contributed by atoms with Crippen LogP contribution in [0.25, 0.3) is 10.9 Å². The molecule has 7 heteroatoms. The van der Waals surface area contributed by atoms with Crippen LogP contribution >= 0.6 is 0 Å². The van der Waals surface area contributed by atoms with Gasteiger partial charge in [-0.2, -0.15) is 0 Å². The second kappa shape index (κ2) is 12.0. The number of aromatic amines is 1. The van der Waals surface area contributed by atoms with Crippen LogP contribution in [-0.4, -0.2) is 46.7 Å². The third-order valence-electron chi connectivity index (χ3n) is 7.91. The summed E-state index contributed by atoms with van der Waals surface area (Å²) < 4.78 is 6.04. The van der Waals surface area contributed by atoms with Gasteiger partial charge < -0.3 is 19.9 Å². The van der Waals surface area contributed by atoms with E-state index in [9.17, 15) is 4.79 Å². The maximum Gasteiger partial charge on any atom is 0.270 e. The molecule has 1 aliphatic carbocycles. The average Bonchev–Trinajstić information content (AvgIpc) is 3.58. The number of nitrogens with one attached hydrogen (secondary N) is 4. The van der Waals surface area contributed by atoms with Crippen molar-refractivity contribution in [3.63, 3.8) is 0 Å². The predicted octanol–water partition coefficient (Wildman–Crippen LogP) is 4.72. The van der Waals surface area contributed by atoms with E-state index in [0.717, 1.165) is 68.1 Å². The lowest BCUT2D eigenvalue weighted by atomic mass is 9.89. The number of terminal acetylenes is 1. The van der Waals surface area contributed by atoms with Crippen LogP contribution in [0.15, 0.2) is 54.6 Å². The fourth-order valence-corrected chi connectivity index (χ4v) is 5.64. The summed E-state index contributed by atoms with van der Waals surface area (Å²) in [6.45, 7) is 4.20. The fourth-order valence-electron chi connectivity index (χ4n) is 5.64. The van der Waals surface area contributed by atoms with Crippen LogP contribution in [0.4, 0.5) is 0 Å². The van der Waals surface area contributed by atoms with Gasteiger partial charge in [0.25, 0.3) is 5.91 Å². The molecule has 200 valence electrons. The van der Waals surface area contributed by atoms with Crippen LogP contribution in [0.3, 0.4) is 0 Å². The minimum Gasteiger partial charge on any atom is -0.493 e. The fraction of sp³-hybridized carbons (Fsp3) is 0.452. The number of carbonyl (C=O) groups excluding carboxylic acids is 1. The molecule has 1 amide bonds. The van der Waals surface area contributed by atoms with Crippen molar-refractivity contribution < 1.29 is 9.53 Å². The Kier molecular flexibility index (Phi) is 8.33. The van der Waals surface area contributed by atoms with Crippen LogP contribution in [-0.2, 0) is 6.54 Å². The van der Waals surface area contributed by atoms with Gasteiger partial charge in [-0.25, -0.2) is 10.9 Å². The molecule has 0 spiro atoms. The quantitative estimate of drug-likeness (QED) is 0.207. The predicted molar refractivity (Wildman–Crippen MR) is 152 cm³/mol. The van der Waals surface area contributed by atoms with Crippen LogP contribution in [0.2, 0.25) is 0 Å². The van der Waals surface area contributed by atoms with Crippen molar-refractivity contribution >= 4 is 16.8 Å². The molecule has 1 saturated heterocycles. The van der Waals surface area contributed by atoms with Gasteiger partial charge in [-0.15, -0.1) is 12.3 Å². The molecule has 4 N–H and O–H groups in total. The van der Waals surface area contributed by atoms with Gasteiger partial charge in [-0.05, 0) is 68.9 Å². The Morgan fingerprint density at radius 1 is 1.16 bits per heavy atom. The summed E-state index contributed by atoms with van der Waals surface area (Å²) in [5.74, 6) is 3.68. The molecular weight excluding hydrogens is 474 g/mol. The molecule has 2 aliphatic rings. The maximum absolute atomic E-state index is 13.4. The van der Waals surface area contributed by atoms with Gasteiger partial charge in [0, 0.05) is 48.9 Å². The summed E-state index contributed by atoms with van der Waals surface area (Å²) in [5.41, 5.74) is 9.25. The Balaban J connectivity index is 1.12. The number of H-pyrrole nitrogens is 1. The number of amides is 1. The Bertz CT molecular complexity index is 1240. The average molecular weight is 514 g/mol. The van der Waals surface area contributed by atoms with Gasteiger partial charge in [0.1, 0.15) is 11.4 Å². The highest BCUT2D eigenvalue weighted by atomic mass is 16.5. The highest BCUT2D eigenvalue weighted by Gasteiger charge is 2.40. The summed E-state index contributed by atoms with van der Waals surface area (Å²) in [5, 5.41) is 4.82. The number of hydrazine groups is 1. The van der Waals surface area contributed by atoms with Crippen molar-refractivity contribution in [1.82, 2.24) is 26.1 Å². The van der Waals surface area contributed by atoms with Crippen molar-refractivity contribution in [3.8, 4) is 18.1 Å². The monoisotopic (exact) mass is 513 g/mol. The smallest absolute Gasteiger partial charge is 0.270 e. The van der Waals surface area contributed by atoms with Crippen molar-refractivity contribution in [2.75, 3.05) is 13.2 Å². The lowest BCUT2D eigenvalue weighted by Crippen LogP contribution is -2.46. The van der Waals surface area contributed by atoms with Gasteiger partial charge in [0.15, 0.2) is 0 Å². The summed E-state index contributed by atoms with van der Waals surface area (Å²) in [6.07, 6.45) is 12.2. The van der Waals surface area contributed by atoms with Crippen molar-refractivity contribution in [3.05, 3.63) is 65.9 Å². The number of aromatic nitrogens is 1. The van der Waals surface area contributed by atoms with Gasteiger partial charge in [0.2, 0.25) is 0 Å². The van der Waals surface area contributed by atoms with E-state index in [-0.39, 0.29) is 17.6 Å². The second-order valence-corrected chi connectivity index (χ2v) is 10.5. The SMILES string of the molecule is C#CCCC1(CCOc2cccc(CN[C@@H]3CCC[C@H](N(CC)C(=O)c4cc5ccccc5[nH]4)C3)c2)NN1. The standard InChI is InChI=1S/C31H39N5O2/c1-3-5-16-31(34-35-31)17-18-38-27-14-8-10-23(19-27)22-32-25-12-9-13-26(21-25)36(4-2)30(37)29-20-24-11-6-7-15-28(24)33-29/h1,6-8,10-11,14-15,19-20,25-26,32-35H,4-5,9,12-13,16-18,21-22H2,2H3/t25-,26+/m1/s1. The number of para-hydroxylation sites is 1. The summed E-state index contributed by atoms with van der Waals surface area (Å²) in [4.78, 5) is 18.8. The minimum atomic E-state index is -0.0643. The number of hydrogen-bond donors (Lipinski definition) is 4. The third-order valence-corrected chi connectivity index (χ3v) is 7.91. The first kappa shape index (κ1) is 26.3. The van der Waals surface area contributed by atoms with Gasteiger partial charge >= 0.3 is 0 Å². The second-order valence-electron chi connectivity index (χ2n) is 10.5. The molecule has 38 heavy (non-hydrogen) atoms. The first-order valence-electron chi connectivity index (χ1n) is 13.9. The number of fused-ring (bicyclic) bond motifs is 1. The number of benzene rings is 2. The number of nitrogens with zero attached hydrogens (tertiary/aromatic N) is 1. The van der Waals surface area contributed by atoms with Crippen LogP contribution < -0.4 is 20.9 Å². The van der Waals surface area contributed by atoms with Gasteiger partial charge in [-0.3, -0.25) is 4.79 Å². The molecule has 1 aliphatic heterocycles. The first-order valence-corrected chi connectivity index (χ1v) is 13.9. The lowest BCUT2D eigenvalue weighted by molar-refractivity contribution is 0.0623. The largest absolute Gasteiger partial charge is 0.493 e. The maximum atomic E-state index is 13.4. The van der Waals surface area contributed by atoms with E-state index in [1.165, 1.54) is 5.56 Å². The molecule has 2 aromatic carbocycles. The minimum absolute atomic E-state index is 0.0643. The Morgan fingerprint density at radius 3 is 2.82 bits per heavy atom. The van der Waals surface area contributed by atoms with E-state index in [4.69, 9.17) is 11.2 Å². The Morgan fingerprint density at radius 2 is 2.03 bits per heavy atom. The Hall–Kier alpha value is -3.31. The molecule has 0 bridgehead atoms. The molecule has 3 aromatic rings. The normalized spacial score (nSPS) is 20.1. The van der Waals surface area contributed by atoms with Gasteiger partial charge in [0.05, 0.1) is 12.3 Å². The number of hydrogen-bond acceptors (Lipinski definition) is 5. The first-order chi connectivity index (χ1) is 18.6. The zero-order valence-electron chi connectivity index (χ0n) is 22.3. The van der Waals surface area contributed by atoms with Crippen LogP contribution in [0, 0.1) is 12.3 Å². The zero-order valence-corrected chi connectivity index (χ0v) is 22.3. The van der Waals surface area contributed by atoms with Crippen molar-refractivity contribution in [1.29, 1.82) is 0 Å². The topological polar surface area (TPSA) is 101 Å². The molecule has 2 atom stereocenters. The van der Waals surface area contributed by atoms with E-state index in [1.807, 2.05) is 41.3 Å². The number of ether oxygens (including phenoxy) is 1. The molecule has 1 saturated carbocycles. The number of carbonyl (C=O) groups is 1. The molecule has 1 aromatic heterocycles. The molecule has 5 rings (SSSR count). The summed E-state index contributed by atoms with van der Waals surface area (Å²) in [6, 6.07) is 19.0. The lowest BCUT2D eigenvalue weighted by Gasteiger charge is -2.37. The van der Waals surface area contributed by atoms with Crippen molar-refractivity contribution in [2.24, 2.45) is 0 Å². The third kappa shape index (κ3) is 6.39. The Labute approximate surface area is 225 Å². The van der Waals surface area contributed by atoms with Crippen LogP contribution in [0.1, 0.15) is 67.9 Å². The molecule has 0 radical (unpaired) electrons. The summed E-state index contributed by atoms with van der Waals surface area (Å²) in [7, 11) is 0. The molecule has 7 nitrogen and oxygen atoms in total. The number of rotatable bonds is 12. The summed E-state index contributed by atoms with van der Waals surface area (Å²) >= 11 is 0. The van der Waals surface area contributed by atoms with E-state index < -0.39 is 0 Å². The van der Waals surface area contributed by atoms with Crippen molar-refractivity contribution in [2.45, 2.75) is 76.2 Å². The highest BCUT2D eigenvalue weighted by molar-refractivity contribution is 5.98. The molecule has 0 unspecified atom stereocenters. The van der Waals surface area contributed by atoms with E-state index in [0.29, 0.717) is 24.9 Å². The van der Waals surface area contributed by atoms with E-state index >= 15 is 0 Å². The molecule has 2 fully saturated rings. The van der Waals surface area contributed by atoms with E-state index in [2.05, 4.69) is 52.2 Å².